The third-order valence-electron chi connectivity index (χ3n) is 1.70. The van der Waals surface area contributed by atoms with E-state index in [-0.39, 0.29) is 0 Å². The molecule has 1 aromatic rings. The van der Waals surface area contributed by atoms with Crippen LogP contribution in [0.3, 0.4) is 0 Å². The summed E-state index contributed by atoms with van der Waals surface area (Å²) in [6, 6.07) is 5.27. The molecule has 0 heterocycles. The Labute approximate surface area is 110 Å². The number of hydrogen-bond acceptors (Lipinski definition) is 2. The van der Waals surface area contributed by atoms with Gasteiger partial charge in [0, 0.05) is 12.1 Å². The first-order valence-electron chi connectivity index (χ1n) is 4.66. The molecule has 0 aliphatic heterocycles. The van der Waals surface area contributed by atoms with Crippen molar-refractivity contribution in [3.8, 4) is 0 Å². The molecule has 0 spiro atoms. The standard InChI is InChI=1S/C10H11Cl2N3S/c1-2-13-10(16)15-14-6-7-8(11)4-3-5-9(7)12/h3-6H,2H2,1H3,(H2,13,15,16). The van der Waals surface area contributed by atoms with Crippen molar-refractivity contribution in [3.63, 3.8) is 0 Å². The molecule has 0 unspecified atom stereocenters. The highest BCUT2D eigenvalue weighted by atomic mass is 35.5. The molecule has 2 N–H and O–H groups in total. The number of halogens is 2. The number of benzene rings is 1. The van der Waals surface area contributed by atoms with E-state index in [4.69, 9.17) is 35.4 Å². The van der Waals surface area contributed by atoms with Crippen LogP contribution in [0.5, 0.6) is 0 Å². The lowest BCUT2D eigenvalue weighted by Gasteiger charge is -2.03. The van der Waals surface area contributed by atoms with Gasteiger partial charge >= 0.3 is 0 Å². The van der Waals surface area contributed by atoms with E-state index in [1.54, 1.807) is 18.2 Å². The third-order valence-corrected chi connectivity index (χ3v) is 2.59. The fourth-order valence-corrected chi connectivity index (χ4v) is 1.68. The molecule has 0 atom stereocenters. The monoisotopic (exact) mass is 275 g/mol. The minimum Gasteiger partial charge on any atom is -0.362 e. The summed E-state index contributed by atoms with van der Waals surface area (Å²) in [6.45, 7) is 2.69. The van der Waals surface area contributed by atoms with Gasteiger partial charge in [-0.1, -0.05) is 29.3 Å². The molecule has 3 nitrogen and oxygen atoms in total. The zero-order chi connectivity index (χ0) is 12.0. The number of nitrogens with one attached hydrogen (secondary N) is 2. The Kier molecular flexibility index (Phi) is 5.52. The Bertz CT molecular complexity index is 387. The van der Waals surface area contributed by atoms with Crippen LogP contribution in [0.4, 0.5) is 0 Å². The Balaban J connectivity index is 2.66. The quantitative estimate of drug-likeness (QED) is 0.506. The van der Waals surface area contributed by atoms with Crippen molar-refractivity contribution in [2.45, 2.75) is 6.92 Å². The van der Waals surface area contributed by atoms with E-state index < -0.39 is 0 Å². The molecule has 0 aliphatic carbocycles. The van der Waals surface area contributed by atoms with E-state index >= 15 is 0 Å². The topological polar surface area (TPSA) is 36.4 Å². The molecule has 1 aromatic carbocycles. The molecule has 16 heavy (non-hydrogen) atoms. The molecular formula is C10H11Cl2N3S. The van der Waals surface area contributed by atoms with Crippen LogP contribution in [-0.4, -0.2) is 17.9 Å². The Morgan fingerprint density at radius 2 is 2.06 bits per heavy atom. The molecule has 0 radical (unpaired) electrons. The van der Waals surface area contributed by atoms with Crippen LogP contribution < -0.4 is 10.7 Å². The number of thiocarbonyl (C=S) groups is 1. The van der Waals surface area contributed by atoms with Crippen LogP contribution >= 0.6 is 35.4 Å². The van der Waals surface area contributed by atoms with Crippen molar-refractivity contribution in [2.75, 3.05) is 6.54 Å². The van der Waals surface area contributed by atoms with Crippen LogP contribution in [0.25, 0.3) is 0 Å². The van der Waals surface area contributed by atoms with Gasteiger partial charge in [0.05, 0.1) is 16.3 Å². The van der Waals surface area contributed by atoms with Gasteiger partial charge < -0.3 is 5.32 Å². The predicted octanol–water partition coefficient (Wildman–Crippen LogP) is 2.81. The smallest absolute Gasteiger partial charge is 0.186 e. The highest BCUT2D eigenvalue weighted by Gasteiger charge is 2.01. The second-order valence-corrected chi connectivity index (χ2v) is 4.09. The first-order chi connectivity index (χ1) is 7.65. The van der Waals surface area contributed by atoms with Crippen molar-refractivity contribution in [2.24, 2.45) is 5.10 Å². The summed E-state index contributed by atoms with van der Waals surface area (Å²) in [5, 5.41) is 8.39. The number of rotatable bonds is 3. The Hall–Kier alpha value is -0.840. The fraction of sp³-hybridized carbons (Fsp3) is 0.200. The number of hydrogen-bond donors (Lipinski definition) is 2. The molecule has 0 saturated carbocycles. The Morgan fingerprint density at radius 3 is 2.62 bits per heavy atom. The molecule has 86 valence electrons. The highest BCUT2D eigenvalue weighted by Crippen LogP contribution is 2.21. The fourth-order valence-electron chi connectivity index (χ4n) is 0.990. The van der Waals surface area contributed by atoms with Crippen molar-refractivity contribution >= 4 is 46.7 Å². The number of hydrazone groups is 1. The maximum absolute atomic E-state index is 5.95. The van der Waals surface area contributed by atoms with Crippen LogP contribution in [0, 0.1) is 0 Å². The summed E-state index contributed by atoms with van der Waals surface area (Å²) in [7, 11) is 0. The first-order valence-corrected chi connectivity index (χ1v) is 5.82. The van der Waals surface area contributed by atoms with E-state index in [0.717, 1.165) is 6.54 Å². The summed E-state index contributed by atoms with van der Waals surface area (Å²) in [6.07, 6.45) is 1.54. The molecule has 1 rings (SSSR count). The lowest BCUT2D eigenvalue weighted by atomic mass is 10.2. The van der Waals surface area contributed by atoms with Crippen LogP contribution in [0.2, 0.25) is 10.0 Å². The molecule has 0 amide bonds. The van der Waals surface area contributed by atoms with Crippen molar-refractivity contribution in [1.29, 1.82) is 0 Å². The van der Waals surface area contributed by atoms with Gasteiger partial charge in [-0.25, -0.2) is 0 Å². The van der Waals surface area contributed by atoms with E-state index in [1.807, 2.05) is 6.92 Å². The van der Waals surface area contributed by atoms with Crippen molar-refractivity contribution in [3.05, 3.63) is 33.8 Å². The number of nitrogens with zero attached hydrogens (tertiary/aromatic N) is 1. The molecule has 0 bridgehead atoms. The van der Waals surface area contributed by atoms with Gasteiger partial charge in [-0.3, -0.25) is 5.43 Å². The lowest BCUT2D eigenvalue weighted by molar-refractivity contribution is 0.904. The largest absolute Gasteiger partial charge is 0.362 e. The van der Waals surface area contributed by atoms with Gasteiger partial charge in [-0.2, -0.15) is 5.10 Å². The van der Waals surface area contributed by atoms with Gasteiger partial charge in [0.25, 0.3) is 0 Å². The molecule has 0 saturated heterocycles. The highest BCUT2D eigenvalue weighted by molar-refractivity contribution is 7.80. The van der Waals surface area contributed by atoms with E-state index in [2.05, 4.69) is 15.8 Å². The summed E-state index contributed by atoms with van der Waals surface area (Å²) in [5.41, 5.74) is 3.32. The second-order valence-electron chi connectivity index (χ2n) is 2.86. The maximum atomic E-state index is 5.95. The SMILES string of the molecule is CCNC(=S)NN=Cc1c(Cl)cccc1Cl. The van der Waals surface area contributed by atoms with Crippen molar-refractivity contribution < 1.29 is 0 Å². The summed E-state index contributed by atoms with van der Waals surface area (Å²) < 4.78 is 0. The van der Waals surface area contributed by atoms with Gasteiger partial charge in [0.15, 0.2) is 5.11 Å². The van der Waals surface area contributed by atoms with Gasteiger partial charge in [0.1, 0.15) is 0 Å². The average molecular weight is 276 g/mol. The van der Waals surface area contributed by atoms with E-state index in [1.165, 1.54) is 6.21 Å². The second kappa shape index (κ2) is 6.68. The first kappa shape index (κ1) is 13.2. The molecule has 6 heteroatoms. The Morgan fingerprint density at radius 1 is 1.44 bits per heavy atom. The van der Waals surface area contributed by atoms with Crippen LogP contribution in [0.15, 0.2) is 23.3 Å². The average Bonchev–Trinajstić information content (AvgIpc) is 2.23. The zero-order valence-corrected chi connectivity index (χ0v) is 11.0. The normalized spacial score (nSPS) is 10.4. The minimum atomic E-state index is 0.460. The molecule has 0 fully saturated rings. The lowest BCUT2D eigenvalue weighted by Crippen LogP contribution is -2.31. The zero-order valence-electron chi connectivity index (χ0n) is 8.63. The van der Waals surface area contributed by atoms with Gasteiger partial charge in [-0.15, -0.1) is 0 Å². The van der Waals surface area contributed by atoms with Crippen molar-refractivity contribution in [1.82, 2.24) is 10.7 Å². The predicted molar refractivity (Wildman–Crippen MR) is 73.5 cm³/mol. The maximum Gasteiger partial charge on any atom is 0.186 e. The molecule has 0 aromatic heterocycles. The minimum absolute atomic E-state index is 0.460. The summed E-state index contributed by atoms with van der Waals surface area (Å²) >= 11 is 16.8. The van der Waals surface area contributed by atoms with E-state index in [9.17, 15) is 0 Å². The van der Waals surface area contributed by atoms with Gasteiger partial charge in [0.2, 0.25) is 0 Å². The van der Waals surface area contributed by atoms with Gasteiger partial charge in [-0.05, 0) is 31.3 Å². The van der Waals surface area contributed by atoms with E-state index in [0.29, 0.717) is 20.7 Å². The molecular weight excluding hydrogens is 265 g/mol. The summed E-state index contributed by atoms with van der Waals surface area (Å²) in [5.74, 6) is 0. The van der Waals surface area contributed by atoms with Crippen LogP contribution in [0.1, 0.15) is 12.5 Å². The third kappa shape index (κ3) is 3.96. The summed E-state index contributed by atoms with van der Waals surface area (Å²) in [4.78, 5) is 0. The molecule has 0 aliphatic rings. The van der Waals surface area contributed by atoms with Crippen LogP contribution in [-0.2, 0) is 0 Å².